The highest BCUT2D eigenvalue weighted by atomic mass is 16.5. The molecule has 0 amide bonds. The second kappa shape index (κ2) is 8.13. The molecule has 1 aliphatic heterocycles. The Balaban J connectivity index is 1.91. The molecule has 2 rings (SSSR count). The number of guanidine groups is 1. The summed E-state index contributed by atoms with van der Waals surface area (Å²) in [7, 11) is 0. The SMILES string of the molecule is CCNC(=NCC1(CCO)CCOC1)NCC1(O)CCCC1. The number of aliphatic imine (C=N–C) groups is 1. The Morgan fingerprint density at radius 1 is 1.23 bits per heavy atom. The van der Waals surface area contributed by atoms with Gasteiger partial charge in [-0.15, -0.1) is 0 Å². The quantitative estimate of drug-likeness (QED) is 0.409. The van der Waals surface area contributed by atoms with Gasteiger partial charge in [0.25, 0.3) is 0 Å². The molecule has 2 fully saturated rings. The van der Waals surface area contributed by atoms with Gasteiger partial charge in [-0.05, 0) is 32.6 Å². The standard InChI is InChI=1S/C16H31N3O3/c1-2-17-14(19-12-16(21)5-3-4-6-16)18-11-15(7-9-20)8-10-22-13-15/h20-21H,2-13H2,1H3,(H2,17,18,19). The molecule has 1 aliphatic carbocycles. The molecule has 4 N–H and O–H groups in total. The molecule has 2 aliphatic rings. The van der Waals surface area contributed by atoms with Gasteiger partial charge in [-0.25, -0.2) is 0 Å². The molecule has 1 heterocycles. The maximum atomic E-state index is 10.4. The number of hydrogen-bond donors (Lipinski definition) is 4. The lowest BCUT2D eigenvalue weighted by atomic mass is 9.84. The van der Waals surface area contributed by atoms with E-state index in [4.69, 9.17) is 4.74 Å². The first-order valence-electron chi connectivity index (χ1n) is 8.55. The van der Waals surface area contributed by atoms with Crippen LogP contribution in [0.1, 0.15) is 45.4 Å². The molecule has 1 unspecified atom stereocenters. The fourth-order valence-corrected chi connectivity index (χ4v) is 3.33. The first-order chi connectivity index (χ1) is 10.6. The predicted octanol–water partition coefficient (Wildman–Crippen LogP) is 0.636. The molecule has 1 saturated heterocycles. The minimum atomic E-state index is -0.588. The molecule has 6 heteroatoms. The lowest BCUT2D eigenvalue weighted by Crippen LogP contribution is -2.46. The average Bonchev–Trinajstić information content (AvgIpc) is 3.13. The van der Waals surface area contributed by atoms with Crippen LogP contribution in [-0.2, 0) is 4.74 Å². The van der Waals surface area contributed by atoms with Gasteiger partial charge < -0.3 is 25.6 Å². The van der Waals surface area contributed by atoms with Crippen molar-refractivity contribution in [3.8, 4) is 0 Å². The Labute approximate surface area is 133 Å². The van der Waals surface area contributed by atoms with E-state index in [0.29, 0.717) is 19.7 Å². The Hall–Kier alpha value is -0.850. The molecule has 1 saturated carbocycles. The van der Waals surface area contributed by atoms with Gasteiger partial charge in [-0.3, -0.25) is 4.99 Å². The molecule has 128 valence electrons. The number of aliphatic hydroxyl groups is 2. The number of aliphatic hydroxyl groups excluding tert-OH is 1. The third-order valence-electron chi connectivity index (χ3n) is 4.86. The average molecular weight is 313 g/mol. The van der Waals surface area contributed by atoms with Gasteiger partial charge in [-0.2, -0.15) is 0 Å². The highest BCUT2D eigenvalue weighted by Gasteiger charge is 2.35. The maximum absolute atomic E-state index is 10.4. The summed E-state index contributed by atoms with van der Waals surface area (Å²) in [4.78, 5) is 4.67. The number of ether oxygens (including phenoxy) is 1. The van der Waals surface area contributed by atoms with Crippen LogP contribution < -0.4 is 10.6 Å². The fraction of sp³-hybridized carbons (Fsp3) is 0.938. The third kappa shape index (κ3) is 4.83. The summed E-state index contributed by atoms with van der Waals surface area (Å²) in [5.41, 5.74) is -0.628. The molecule has 1 atom stereocenters. The van der Waals surface area contributed by atoms with E-state index in [1.165, 1.54) is 0 Å². The summed E-state index contributed by atoms with van der Waals surface area (Å²) in [6.45, 7) is 5.59. The lowest BCUT2D eigenvalue weighted by molar-refractivity contribution is 0.0521. The zero-order valence-electron chi connectivity index (χ0n) is 13.7. The molecule has 6 nitrogen and oxygen atoms in total. The molecule has 0 radical (unpaired) electrons. The third-order valence-corrected chi connectivity index (χ3v) is 4.86. The maximum Gasteiger partial charge on any atom is 0.191 e. The molecule has 0 spiro atoms. The minimum absolute atomic E-state index is 0.0403. The molecule has 0 aromatic carbocycles. The van der Waals surface area contributed by atoms with Crippen molar-refractivity contribution >= 4 is 5.96 Å². The zero-order chi connectivity index (χ0) is 15.9. The van der Waals surface area contributed by atoms with Crippen molar-refractivity contribution in [3.05, 3.63) is 0 Å². The van der Waals surface area contributed by atoms with E-state index in [1.807, 2.05) is 6.92 Å². The molecule has 0 aromatic rings. The van der Waals surface area contributed by atoms with Crippen molar-refractivity contribution in [2.75, 3.05) is 39.5 Å². The first kappa shape index (κ1) is 17.5. The monoisotopic (exact) mass is 313 g/mol. The molecular weight excluding hydrogens is 282 g/mol. The van der Waals surface area contributed by atoms with Gasteiger partial charge in [0.05, 0.1) is 18.8 Å². The van der Waals surface area contributed by atoms with Crippen LogP contribution in [0, 0.1) is 5.41 Å². The topological polar surface area (TPSA) is 86.1 Å². The van der Waals surface area contributed by atoms with Gasteiger partial charge in [-0.1, -0.05) is 12.8 Å². The fourth-order valence-electron chi connectivity index (χ4n) is 3.33. The van der Waals surface area contributed by atoms with Gasteiger partial charge in [0, 0.05) is 31.7 Å². The van der Waals surface area contributed by atoms with Crippen LogP contribution in [-0.4, -0.2) is 61.2 Å². The predicted molar refractivity (Wildman–Crippen MR) is 87.0 cm³/mol. The smallest absolute Gasteiger partial charge is 0.191 e. The van der Waals surface area contributed by atoms with Crippen molar-refractivity contribution in [1.29, 1.82) is 0 Å². The second-order valence-electron chi connectivity index (χ2n) is 6.76. The molecule has 0 aromatic heterocycles. The number of nitrogens with one attached hydrogen (secondary N) is 2. The molecule has 22 heavy (non-hydrogen) atoms. The van der Waals surface area contributed by atoms with Crippen LogP contribution in [0.2, 0.25) is 0 Å². The normalized spacial score (nSPS) is 28.0. The Bertz CT molecular complexity index is 362. The highest BCUT2D eigenvalue weighted by molar-refractivity contribution is 5.79. The van der Waals surface area contributed by atoms with Crippen LogP contribution in [0.15, 0.2) is 4.99 Å². The van der Waals surface area contributed by atoms with Crippen molar-refractivity contribution < 1.29 is 14.9 Å². The summed E-state index contributed by atoms with van der Waals surface area (Å²) in [5, 5.41) is 26.2. The van der Waals surface area contributed by atoms with E-state index in [2.05, 4.69) is 15.6 Å². The number of hydrogen-bond acceptors (Lipinski definition) is 4. The zero-order valence-corrected chi connectivity index (χ0v) is 13.7. The van der Waals surface area contributed by atoms with Crippen molar-refractivity contribution in [3.63, 3.8) is 0 Å². The van der Waals surface area contributed by atoms with Gasteiger partial charge in [0.15, 0.2) is 5.96 Å². The van der Waals surface area contributed by atoms with Crippen molar-refractivity contribution in [2.45, 2.75) is 51.0 Å². The van der Waals surface area contributed by atoms with Crippen molar-refractivity contribution in [2.24, 2.45) is 10.4 Å². The first-order valence-corrected chi connectivity index (χ1v) is 8.55. The largest absolute Gasteiger partial charge is 0.396 e. The highest BCUT2D eigenvalue weighted by Crippen LogP contribution is 2.32. The summed E-state index contributed by atoms with van der Waals surface area (Å²) in [6.07, 6.45) is 5.59. The minimum Gasteiger partial charge on any atom is -0.396 e. The second-order valence-corrected chi connectivity index (χ2v) is 6.76. The van der Waals surface area contributed by atoms with Gasteiger partial charge in [0.2, 0.25) is 0 Å². The van der Waals surface area contributed by atoms with E-state index in [1.54, 1.807) is 0 Å². The van der Waals surface area contributed by atoms with Crippen LogP contribution in [0.3, 0.4) is 0 Å². The summed E-state index contributed by atoms with van der Waals surface area (Å²) >= 11 is 0. The lowest BCUT2D eigenvalue weighted by Gasteiger charge is -2.26. The van der Waals surface area contributed by atoms with Crippen LogP contribution in [0.25, 0.3) is 0 Å². The Morgan fingerprint density at radius 3 is 2.59 bits per heavy atom. The summed E-state index contributed by atoms with van der Waals surface area (Å²) in [6, 6.07) is 0. The van der Waals surface area contributed by atoms with Gasteiger partial charge in [0.1, 0.15) is 0 Å². The van der Waals surface area contributed by atoms with Gasteiger partial charge >= 0.3 is 0 Å². The molecule has 0 bridgehead atoms. The van der Waals surface area contributed by atoms with Crippen molar-refractivity contribution in [1.82, 2.24) is 10.6 Å². The number of nitrogens with zero attached hydrogens (tertiary/aromatic N) is 1. The van der Waals surface area contributed by atoms with E-state index in [-0.39, 0.29) is 12.0 Å². The summed E-state index contributed by atoms with van der Waals surface area (Å²) < 4.78 is 5.50. The summed E-state index contributed by atoms with van der Waals surface area (Å²) in [5.74, 6) is 0.743. The van der Waals surface area contributed by atoms with Crippen LogP contribution in [0.4, 0.5) is 0 Å². The van der Waals surface area contributed by atoms with Crippen LogP contribution in [0.5, 0.6) is 0 Å². The van der Waals surface area contributed by atoms with E-state index < -0.39 is 5.60 Å². The van der Waals surface area contributed by atoms with E-state index >= 15 is 0 Å². The Kier molecular flexibility index (Phi) is 6.47. The van der Waals surface area contributed by atoms with Crippen LogP contribution >= 0.6 is 0 Å². The molecular formula is C16H31N3O3. The van der Waals surface area contributed by atoms with E-state index in [0.717, 1.165) is 57.6 Å². The number of rotatable bonds is 7. The van der Waals surface area contributed by atoms with E-state index in [9.17, 15) is 10.2 Å². The Morgan fingerprint density at radius 2 is 2.00 bits per heavy atom.